The van der Waals surface area contributed by atoms with Gasteiger partial charge in [0.2, 0.25) is 0 Å². The Kier molecular flexibility index (Phi) is 6.78. The molecule has 0 bridgehead atoms. The Morgan fingerprint density at radius 2 is 1.87 bits per heavy atom. The van der Waals surface area contributed by atoms with Gasteiger partial charge in [0, 0.05) is 36.0 Å². The van der Waals surface area contributed by atoms with Gasteiger partial charge in [-0.2, -0.15) is 5.10 Å². The lowest BCUT2D eigenvalue weighted by Gasteiger charge is -2.11. The third-order valence-corrected chi connectivity index (χ3v) is 5.06. The molecule has 0 saturated carbocycles. The third-order valence-electron chi connectivity index (χ3n) is 5.06. The van der Waals surface area contributed by atoms with Crippen LogP contribution in [0.5, 0.6) is 0 Å². The number of rotatable bonds is 9. The summed E-state index contributed by atoms with van der Waals surface area (Å²) in [5.41, 5.74) is 9.86. The first kappa shape index (κ1) is 22.5. The molecule has 5 N–H and O–H groups in total. The fourth-order valence-electron chi connectivity index (χ4n) is 3.52. The van der Waals surface area contributed by atoms with E-state index in [1.54, 1.807) is 18.5 Å². The number of carbonyl (C=O) groups is 1. The number of imidazole rings is 1. The van der Waals surface area contributed by atoms with Crippen LogP contribution in [0.4, 0.5) is 8.78 Å². The van der Waals surface area contributed by atoms with E-state index in [-0.39, 0.29) is 22.6 Å². The molecule has 11 heteroatoms. The average molecular weight is 433 g/mol. The molecule has 2 heterocycles. The van der Waals surface area contributed by atoms with Crippen molar-refractivity contribution in [3.8, 4) is 22.4 Å². The molecule has 31 heavy (non-hydrogen) atoms. The lowest BCUT2D eigenvalue weighted by atomic mass is 10.00. The van der Waals surface area contributed by atoms with Crippen LogP contribution < -0.4 is 17.0 Å². The molecule has 9 nitrogen and oxygen atoms in total. The molecular weight excluding hydrogens is 408 g/mol. The second-order valence-electron chi connectivity index (χ2n) is 7.01. The third kappa shape index (κ3) is 4.33. The first-order chi connectivity index (χ1) is 14.8. The maximum Gasteiger partial charge on any atom is 0.284 e. The van der Waals surface area contributed by atoms with E-state index in [0.717, 1.165) is 0 Å². The average Bonchev–Trinajstić information content (AvgIpc) is 3.24. The van der Waals surface area contributed by atoms with E-state index in [1.807, 2.05) is 0 Å². The van der Waals surface area contributed by atoms with Crippen LogP contribution >= 0.6 is 0 Å². The minimum absolute atomic E-state index is 0.0200. The number of ether oxygens (including phenoxy) is 1. The molecule has 166 valence electrons. The Balaban J connectivity index is 1.93. The summed E-state index contributed by atoms with van der Waals surface area (Å²) < 4.78 is 38.6. The maximum absolute atomic E-state index is 15.1. The number of nitrogens with zero attached hydrogens (tertiary/aromatic N) is 4. The first-order valence-corrected chi connectivity index (χ1v) is 9.63. The number of aryl methyl sites for hydroxylation is 1. The number of nitrogens with two attached hydrogens (primary N) is 2. The highest BCUT2D eigenvalue weighted by atomic mass is 19.2. The standard InChI is InChI=1S/C20H25F2N7O2/c1-11-16(12(2)29(27-11)7-9-31-8-6-26-24)14-5-4-13(17(21)18(14)22)15-10-25-20(19(23)30)28(15)3/h4-5,10,26H,6-9,24H2,1-3H3,(H2,23,30). The number of carbonyl (C=O) groups excluding carboxylic acids is 1. The van der Waals surface area contributed by atoms with Gasteiger partial charge in [0.25, 0.3) is 5.91 Å². The van der Waals surface area contributed by atoms with Gasteiger partial charge >= 0.3 is 0 Å². The molecule has 0 unspecified atom stereocenters. The molecule has 1 aromatic carbocycles. The monoisotopic (exact) mass is 433 g/mol. The fourth-order valence-corrected chi connectivity index (χ4v) is 3.52. The molecule has 0 radical (unpaired) electrons. The van der Waals surface area contributed by atoms with E-state index in [1.165, 1.54) is 29.9 Å². The lowest BCUT2D eigenvalue weighted by Crippen LogP contribution is -2.26. The van der Waals surface area contributed by atoms with Crippen LogP contribution in [-0.2, 0) is 18.3 Å². The predicted molar refractivity (Wildman–Crippen MR) is 111 cm³/mol. The molecule has 0 atom stereocenters. The van der Waals surface area contributed by atoms with Crippen molar-refractivity contribution in [1.82, 2.24) is 24.8 Å². The van der Waals surface area contributed by atoms with E-state index < -0.39 is 17.5 Å². The Bertz CT molecular complexity index is 1110. The smallest absolute Gasteiger partial charge is 0.284 e. The van der Waals surface area contributed by atoms with Crippen molar-refractivity contribution in [2.24, 2.45) is 18.6 Å². The van der Waals surface area contributed by atoms with Crippen molar-refractivity contribution in [3.05, 3.63) is 47.2 Å². The van der Waals surface area contributed by atoms with Crippen molar-refractivity contribution >= 4 is 5.91 Å². The highest BCUT2D eigenvalue weighted by molar-refractivity contribution is 5.90. The molecule has 3 rings (SSSR count). The Labute approximate surface area is 178 Å². The topological polar surface area (TPSA) is 126 Å². The summed E-state index contributed by atoms with van der Waals surface area (Å²) in [5, 5.41) is 4.43. The molecular formula is C20H25F2N7O2. The number of benzene rings is 1. The Morgan fingerprint density at radius 3 is 2.52 bits per heavy atom. The number of aromatic nitrogens is 4. The van der Waals surface area contributed by atoms with Gasteiger partial charge in [0.1, 0.15) is 0 Å². The molecule has 0 saturated heterocycles. The molecule has 2 aromatic heterocycles. The second kappa shape index (κ2) is 9.33. The van der Waals surface area contributed by atoms with Gasteiger partial charge in [-0.1, -0.05) is 6.07 Å². The van der Waals surface area contributed by atoms with Gasteiger partial charge in [0.15, 0.2) is 17.5 Å². The van der Waals surface area contributed by atoms with E-state index in [2.05, 4.69) is 15.5 Å². The molecule has 0 spiro atoms. The molecule has 0 aliphatic rings. The molecule has 0 fully saturated rings. The summed E-state index contributed by atoms with van der Waals surface area (Å²) in [6.07, 6.45) is 1.28. The van der Waals surface area contributed by atoms with Crippen LogP contribution in [0.25, 0.3) is 22.4 Å². The van der Waals surface area contributed by atoms with Crippen molar-refractivity contribution < 1.29 is 18.3 Å². The number of hydrogen-bond acceptors (Lipinski definition) is 6. The molecule has 3 aromatic rings. The summed E-state index contributed by atoms with van der Waals surface area (Å²) >= 11 is 0. The number of amides is 1. The minimum atomic E-state index is -1.04. The van der Waals surface area contributed by atoms with Crippen LogP contribution in [0.3, 0.4) is 0 Å². The SMILES string of the molecule is Cc1nn(CCOCCNN)c(C)c1-c1ccc(-c2cnc(C(N)=O)n2C)c(F)c1F. The van der Waals surface area contributed by atoms with E-state index >= 15 is 8.78 Å². The normalized spacial score (nSPS) is 11.3. The largest absolute Gasteiger partial charge is 0.378 e. The van der Waals surface area contributed by atoms with Gasteiger partial charge in [0.05, 0.1) is 37.3 Å². The molecule has 0 aliphatic heterocycles. The fraction of sp³-hybridized carbons (Fsp3) is 0.350. The number of hydrogen-bond donors (Lipinski definition) is 3. The van der Waals surface area contributed by atoms with E-state index in [9.17, 15) is 4.79 Å². The summed E-state index contributed by atoms with van der Waals surface area (Å²) in [6.45, 7) is 5.38. The van der Waals surface area contributed by atoms with Crippen molar-refractivity contribution in [2.45, 2.75) is 20.4 Å². The Morgan fingerprint density at radius 1 is 1.19 bits per heavy atom. The number of halogens is 2. The lowest BCUT2D eigenvalue weighted by molar-refractivity contribution is 0.0987. The molecule has 1 amide bonds. The van der Waals surface area contributed by atoms with Crippen LogP contribution in [0.15, 0.2) is 18.3 Å². The highest BCUT2D eigenvalue weighted by Crippen LogP contribution is 2.34. The molecule has 0 aliphatic carbocycles. The van der Waals surface area contributed by atoms with E-state index in [0.29, 0.717) is 43.3 Å². The summed E-state index contributed by atoms with van der Waals surface area (Å²) in [6, 6.07) is 2.95. The van der Waals surface area contributed by atoms with Gasteiger partial charge < -0.3 is 15.0 Å². The van der Waals surface area contributed by atoms with Crippen LogP contribution in [0.1, 0.15) is 22.0 Å². The van der Waals surface area contributed by atoms with Gasteiger partial charge in [-0.05, 0) is 19.9 Å². The van der Waals surface area contributed by atoms with E-state index in [4.69, 9.17) is 16.3 Å². The maximum atomic E-state index is 15.1. The Hall–Kier alpha value is -3.15. The van der Waals surface area contributed by atoms with Gasteiger partial charge in [-0.3, -0.25) is 20.7 Å². The van der Waals surface area contributed by atoms with Crippen LogP contribution in [0.2, 0.25) is 0 Å². The quantitative estimate of drug-likeness (QED) is 0.266. The predicted octanol–water partition coefficient (Wildman–Crippen LogP) is 1.42. The van der Waals surface area contributed by atoms with Crippen LogP contribution in [-0.4, -0.2) is 45.0 Å². The zero-order valence-electron chi connectivity index (χ0n) is 17.6. The minimum Gasteiger partial charge on any atom is -0.378 e. The van der Waals surface area contributed by atoms with Crippen molar-refractivity contribution in [2.75, 3.05) is 19.8 Å². The second-order valence-corrected chi connectivity index (χ2v) is 7.01. The van der Waals surface area contributed by atoms with Gasteiger partial charge in [-0.15, -0.1) is 0 Å². The summed E-state index contributed by atoms with van der Waals surface area (Å²) in [5.74, 6) is 2.34. The van der Waals surface area contributed by atoms with Gasteiger partial charge in [-0.25, -0.2) is 13.8 Å². The number of nitrogens with one attached hydrogen (secondary N) is 1. The summed E-state index contributed by atoms with van der Waals surface area (Å²) in [7, 11) is 1.51. The van der Waals surface area contributed by atoms with Crippen molar-refractivity contribution in [1.29, 1.82) is 0 Å². The first-order valence-electron chi connectivity index (χ1n) is 9.63. The zero-order chi connectivity index (χ0) is 22.7. The number of primary amides is 1. The van der Waals surface area contributed by atoms with Crippen molar-refractivity contribution in [3.63, 3.8) is 0 Å². The van der Waals surface area contributed by atoms with Crippen LogP contribution in [0, 0.1) is 25.5 Å². The zero-order valence-corrected chi connectivity index (χ0v) is 17.6. The number of hydrazine groups is 1. The highest BCUT2D eigenvalue weighted by Gasteiger charge is 2.23. The summed E-state index contributed by atoms with van der Waals surface area (Å²) in [4.78, 5) is 15.3.